The molecule has 0 saturated heterocycles. The molecule has 0 radical (unpaired) electrons. The van der Waals surface area contributed by atoms with E-state index in [1.807, 2.05) is 100 Å². The Balaban J connectivity index is 0.000000223. The van der Waals surface area contributed by atoms with Crippen LogP contribution in [0.15, 0.2) is 156 Å². The lowest BCUT2D eigenvalue weighted by Gasteiger charge is -2.16. The molecule has 0 amide bonds. The molecule has 0 saturated carbocycles. The topological polar surface area (TPSA) is 117 Å². The van der Waals surface area contributed by atoms with Crippen molar-refractivity contribution in [1.29, 1.82) is 0 Å². The molecular formula is C56H66Cl2N10O3S4. The first-order valence-corrected chi connectivity index (χ1v) is 27.7. The molecule has 5 aliphatic rings. The van der Waals surface area contributed by atoms with Gasteiger partial charge in [0.15, 0.2) is 14.9 Å². The summed E-state index contributed by atoms with van der Waals surface area (Å²) in [5, 5.41) is 2.41. The van der Waals surface area contributed by atoms with Crippen LogP contribution in [0.3, 0.4) is 0 Å². The van der Waals surface area contributed by atoms with Crippen LogP contribution < -0.4 is 64.3 Å². The van der Waals surface area contributed by atoms with E-state index in [4.69, 9.17) is 9.97 Å². The van der Waals surface area contributed by atoms with Crippen molar-refractivity contribution in [2.24, 2.45) is 4.99 Å². The molecule has 0 aromatic heterocycles. The third-order valence-electron chi connectivity index (χ3n) is 11.3. The molecule has 0 N–H and O–H groups in total. The van der Waals surface area contributed by atoms with Crippen LogP contribution in [-0.4, -0.2) is 138 Å². The average molecular weight is 1130 g/mol. The number of rotatable bonds is 7. The fourth-order valence-corrected chi connectivity index (χ4v) is 10.8. The van der Waals surface area contributed by atoms with Gasteiger partial charge in [0.2, 0.25) is 10.7 Å². The van der Waals surface area contributed by atoms with E-state index in [9.17, 15) is 13.0 Å². The van der Waals surface area contributed by atoms with Crippen molar-refractivity contribution < 1.29 is 42.4 Å². The summed E-state index contributed by atoms with van der Waals surface area (Å²) in [5.74, 6) is 0. The highest BCUT2D eigenvalue weighted by atomic mass is 35.5. The predicted octanol–water partition coefficient (Wildman–Crippen LogP) is 2.97. The third-order valence-corrected chi connectivity index (χ3v) is 15.4. The summed E-state index contributed by atoms with van der Waals surface area (Å²) in [4.78, 5) is 24.9. The lowest BCUT2D eigenvalue weighted by molar-refractivity contribution is -0.462. The molecule has 0 unspecified atom stereocenters. The van der Waals surface area contributed by atoms with Crippen LogP contribution >= 0.6 is 33.5 Å². The molecule has 0 atom stereocenters. The second-order valence-corrected chi connectivity index (χ2v) is 23.7. The number of hydrogen-bond acceptors (Lipinski definition) is 13. The molecule has 13 nitrogen and oxygen atoms in total. The second kappa shape index (κ2) is 27.6. The Morgan fingerprint density at radius 3 is 1.32 bits per heavy atom. The average Bonchev–Trinajstić information content (AvgIpc) is 3.35. The van der Waals surface area contributed by atoms with Crippen LogP contribution in [0.5, 0.6) is 0 Å². The second-order valence-electron chi connectivity index (χ2n) is 18.4. The Hall–Kier alpha value is -6.18. The molecule has 19 heteroatoms. The minimum absolute atomic E-state index is 0. The van der Waals surface area contributed by atoms with Crippen LogP contribution in [0.4, 0.5) is 28.4 Å². The van der Waals surface area contributed by atoms with Gasteiger partial charge in [-0.3, -0.25) is 0 Å². The minimum Gasteiger partial charge on any atom is -1.00 e. The van der Waals surface area contributed by atoms with Crippen molar-refractivity contribution in [2.45, 2.75) is 4.90 Å². The van der Waals surface area contributed by atoms with Crippen molar-refractivity contribution in [3.63, 3.8) is 0 Å². The molecule has 3 aliphatic carbocycles. The molecule has 2 aliphatic heterocycles. The minimum atomic E-state index is -4.47. The zero-order chi connectivity index (χ0) is 53.1. The molecule has 0 bridgehead atoms. The molecule has 9 rings (SSSR count). The summed E-state index contributed by atoms with van der Waals surface area (Å²) in [6, 6.07) is 41.1. The zero-order valence-corrected chi connectivity index (χ0v) is 49.7. The molecule has 396 valence electrons. The highest BCUT2D eigenvalue weighted by Crippen LogP contribution is 2.37. The molecular weight excluding hydrogens is 1060 g/mol. The monoisotopic (exact) mass is 1120 g/mol. The van der Waals surface area contributed by atoms with Gasteiger partial charge in [-0.2, -0.15) is 0 Å². The maximum atomic E-state index is 11.2. The quantitative estimate of drug-likeness (QED) is 0.0777. The number of fused-ring (bicyclic) bond motifs is 4. The summed E-state index contributed by atoms with van der Waals surface area (Å²) in [7, 11) is 23.9. The maximum Gasteiger partial charge on any atom is 0.201 e. The van der Waals surface area contributed by atoms with E-state index in [1.54, 1.807) is 34.8 Å². The van der Waals surface area contributed by atoms with Gasteiger partial charge < -0.3 is 49.0 Å². The number of aromatic nitrogens is 2. The van der Waals surface area contributed by atoms with E-state index in [1.165, 1.54) is 46.9 Å². The number of allylic oxidation sites excluding steroid dienone is 4. The van der Waals surface area contributed by atoms with Gasteiger partial charge in [-0.1, -0.05) is 18.2 Å². The zero-order valence-electron chi connectivity index (χ0n) is 44.9. The highest BCUT2D eigenvalue weighted by Gasteiger charge is 2.14. The van der Waals surface area contributed by atoms with Crippen molar-refractivity contribution in [1.82, 2.24) is 19.1 Å². The van der Waals surface area contributed by atoms with Gasteiger partial charge in [-0.05, 0) is 102 Å². The molecule has 4 aromatic carbocycles. The van der Waals surface area contributed by atoms with Crippen LogP contribution in [0.25, 0.3) is 41.6 Å². The van der Waals surface area contributed by atoms with Crippen LogP contribution in [0.2, 0.25) is 0 Å². The van der Waals surface area contributed by atoms with E-state index < -0.39 is 9.15 Å². The summed E-state index contributed by atoms with van der Waals surface area (Å²) in [6.07, 6.45) is 7.53. The van der Waals surface area contributed by atoms with Gasteiger partial charge >= 0.3 is 0 Å². The Labute approximate surface area is 466 Å². The van der Waals surface area contributed by atoms with Crippen LogP contribution in [-0.2, 0) is 9.15 Å². The molecule has 0 fully saturated rings. The summed E-state index contributed by atoms with van der Waals surface area (Å²) in [5.41, 5.74) is 10.9. The first-order valence-electron chi connectivity index (χ1n) is 23.3. The van der Waals surface area contributed by atoms with Gasteiger partial charge in [0.25, 0.3) is 0 Å². The highest BCUT2D eigenvalue weighted by molar-refractivity contribution is 8.69. The lowest BCUT2D eigenvalue weighted by Crippen LogP contribution is -3.00. The number of para-hydroxylation sites is 1. The van der Waals surface area contributed by atoms with Gasteiger partial charge in [0.05, 0.1) is 53.0 Å². The van der Waals surface area contributed by atoms with Gasteiger partial charge in [-0.15, -0.1) is 22.7 Å². The smallest absolute Gasteiger partial charge is 0.201 e. The fraction of sp³-hybridized carbons (Fsp3) is 0.250. The SMILES string of the molecule is CN(C)c1ccc(N=C2C=CC(=[N+](C)C)C=C2)c(SS(=O)(=O)[O-])c1.CN(C)c1ccc2nc3ccc(=[N+](C)C)cc-3sc2c1.CN(C)c1ccc2nc3ccc(=[N+](C)C)cc-3sc2c1.CN(C)c1ccccc1.[Cl-].[Cl-]. The molecule has 0 spiro atoms. The number of halogens is 2. The first-order chi connectivity index (χ1) is 34.5. The third kappa shape index (κ3) is 17.4. The van der Waals surface area contributed by atoms with Gasteiger partial charge in [-0.25, -0.2) is 37.1 Å². The van der Waals surface area contributed by atoms with Crippen molar-refractivity contribution in [2.75, 3.05) is 118 Å². The summed E-state index contributed by atoms with van der Waals surface area (Å²) >= 11 is 3.60. The van der Waals surface area contributed by atoms with E-state index in [2.05, 4.69) is 170 Å². The Kier molecular flexibility index (Phi) is 22.6. The number of nitrogens with zero attached hydrogens (tertiary/aromatic N) is 10. The largest absolute Gasteiger partial charge is 1.00 e. The standard InChI is InChI=1S/C16H19N3O3S2.2C16H18N3S.C8H11N.2ClH/c1-18(2)13-7-5-12(6-8-13)17-15-10-9-14(19(3)4)11-16(15)23-24(20,21)22;2*1-18(2)11-5-7-13-15(9-11)20-16-10-12(19(3)4)6-8-14(16)17-13;1-9(2)8-6-4-3-5-7-8;;/h5-11H,1-4H3;2*5-10H,1-4H3;3-7H,1-2H3;2*1H/q;2*+1;;;/p-2. The Morgan fingerprint density at radius 1 is 0.507 bits per heavy atom. The van der Waals surface area contributed by atoms with Crippen molar-refractivity contribution >= 4 is 103 Å². The molecule has 4 aromatic rings. The Morgan fingerprint density at radius 2 is 0.933 bits per heavy atom. The van der Waals surface area contributed by atoms with Gasteiger partial charge in [0, 0.05) is 120 Å². The predicted molar refractivity (Wildman–Crippen MR) is 315 cm³/mol. The normalized spacial score (nSPS) is 11.5. The number of benzene rings is 6. The van der Waals surface area contributed by atoms with E-state index >= 15 is 0 Å². The van der Waals surface area contributed by atoms with Crippen molar-refractivity contribution in [3.05, 3.63) is 156 Å². The van der Waals surface area contributed by atoms with Crippen molar-refractivity contribution in [3.8, 4) is 21.1 Å². The summed E-state index contributed by atoms with van der Waals surface area (Å²) in [6.45, 7) is 0. The summed E-state index contributed by atoms with van der Waals surface area (Å²) < 4.78 is 42.1. The van der Waals surface area contributed by atoms with Gasteiger partial charge in [0.1, 0.15) is 42.3 Å². The van der Waals surface area contributed by atoms with E-state index in [0.29, 0.717) is 16.3 Å². The van der Waals surface area contributed by atoms with E-state index in [-0.39, 0.29) is 35.6 Å². The van der Waals surface area contributed by atoms with Crippen LogP contribution in [0.1, 0.15) is 0 Å². The first kappa shape index (κ1) is 61.4. The molecule has 2 heterocycles. The number of aliphatic imine (C=N–C) groups is 1. The molecule has 75 heavy (non-hydrogen) atoms. The van der Waals surface area contributed by atoms with Crippen LogP contribution in [0, 0.1) is 0 Å². The fourth-order valence-electron chi connectivity index (χ4n) is 7.06. The lowest BCUT2D eigenvalue weighted by atomic mass is 10.1. The maximum absolute atomic E-state index is 11.2. The van der Waals surface area contributed by atoms with E-state index in [0.717, 1.165) is 33.8 Å². The number of hydrogen-bond donors (Lipinski definition) is 0. The number of anilines is 4. The Bertz CT molecular complexity index is 3400.